The Bertz CT molecular complexity index is 589. The summed E-state index contributed by atoms with van der Waals surface area (Å²) in [7, 11) is 1.56. The number of aliphatic hydroxyl groups is 1. The number of methoxy groups -OCH3 is 1. The number of thioether (sulfide) groups is 1. The van der Waals surface area contributed by atoms with Crippen LogP contribution in [0.5, 0.6) is 5.75 Å². The average Bonchev–Trinajstić information content (AvgIpc) is 2.88. The molecular formula is C15H19FN2O2S. The van der Waals surface area contributed by atoms with E-state index in [9.17, 15) is 9.50 Å². The van der Waals surface area contributed by atoms with Crippen molar-refractivity contribution in [3.05, 3.63) is 42.0 Å². The molecule has 1 aromatic heterocycles. The fourth-order valence-electron chi connectivity index (χ4n) is 2.07. The summed E-state index contributed by atoms with van der Waals surface area (Å²) in [6.07, 6.45) is 1.81. The second kappa shape index (κ2) is 7.47. The Labute approximate surface area is 127 Å². The van der Waals surface area contributed by atoms with E-state index in [-0.39, 0.29) is 5.82 Å². The van der Waals surface area contributed by atoms with Crippen molar-refractivity contribution in [2.45, 2.75) is 30.9 Å². The first kappa shape index (κ1) is 15.9. The van der Waals surface area contributed by atoms with Crippen LogP contribution in [0, 0.1) is 5.82 Å². The van der Waals surface area contributed by atoms with Gasteiger partial charge in [-0.15, -0.1) is 11.8 Å². The molecule has 0 saturated heterocycles. The number of rotatable bonds is 7. The van der Waals surface area contributed by atoms with Crippen molar-refractivity contribution in [3.63, 3.8) is 0 Å². The topological polar surface area (TPSA) is 47.3 Å². The molecule has 114 valence electrons. The fourth-order valence-corrected chi connectivity index (χ4v) is 2.95. The van der Waals surface area contributed by atoms with E-state index in [0.717, 1.165) is 17.9 Å². The molecule has 4 nitrogen and oxygen atoms in total. The van der Waals surface area contributed by atoms with Crippen molar-refractivity contribution in [3.8, 4) is 5.75 Å². The summed E-state index contributed by atoms with van der Waals surface area (Å²) in [5.74, 6) is 0.716. The number of benzene rings is 1. The van der Waals surface area contributed by atoms with Crippen molar-refractivity contribution >= 4 is 11.8 Å². The van der Waals surface area contributed by atoms with Gasteiger partial charge < -0.3 is 9.84 Å². The van der Waals surface area contributed by atoms with Crippen molar-refractivity contribution in [1.29, 1.82) is 0 Å². The second-order valence-electron chi connectivity index (χ2n) is 4.61. The number of halogens is 1. The number of hydrogen-bond donors (Lipinski definition) is 1. The highest BCUT2D eigenvalue weighted by molar-refractivity contribution is 7.99. The third-order valence-electron chi connectivity index (χ3n) is 3.02. The van der Waals surface area contributed by atoms with E-state index >= 15 is 0 Å². The molecule has 2 rings (SSSR count). The zero-order valence-corrected chi connectivity index (χ0v) is 12.9. The number of hydrogen-bond acceptors (Lipinski definition) is 4. The number of aliphatic hydroxyl groups excluding tert-OH is 1. The lowest BCUT2D eigenvalue weighted by molar-refractivity contribution is 0.186. The largest absolute Gasteiger partial charge is 0.493 e. The van der Waals surface area contributed by atoms with E-state index in [1.54, 1.807) is 24.1 Å². The Morgan fingerprint density at radius 2 is 2.29 bits per heavy atom. The van der Waals surface area contributed by atoms with Crippen LogP contribution < -0.4 is 4.74 Å². The number of ether oxygens (including phenoxy) is 1. The third kappa shape index (κ3) is 3.98. The molecule has 1 unspecified atom stereocenters. The zero-order chi connectivity index (χ0) is 15.2. The lowest BCUT2D eigenvalue weighted by Crippen LogP contribution is -2.11. The van der Waals surface area contributed by atoms with E-state index in [1.807, 2.05) is 13.0 Å². The van der Waals surface area contributed by atoms with E-state index in [1.165, 1.54) is 23.9 Å². The van der Waals surface area contributed by atoms with E-state index in [2.05, 4.69) is 5.10 Å². The molecule has 2 aromatic rings. The standard InChI is InChI=1S/C15H19FN2O2S/c1-3-7-18-15(14(20-2)9-17-18)13(19)10-21-12-6-4-5-11(16)8-12/h4-6,8-9,13,19H,3,7,10H2,1-2H3. The molecule has 0 aliphatic carbocycles. The van der Waals surface area contributed by atoms with Crippen LogP contribution in [0.1, 0.15) is 25.1 Å². The van der Waals surface area contributed by atoms with Gasteiger partial charge in [0.15, 0.2) is 5.75 Å². The monoisotopic (exact) mass is 310 g/mol. The molecule has 0 aliphatic rings. The van der Waals surface area contributed by atoms with Crippen molar-refractivity contribution < 1.29 is 14.2 Å². The Balaban J connectivity index is 2.09. The van der Waals surface area contributed by atoms with Crippen LogP contribution in [0.15, 0.2) is 35.4 Å². The molecule has 0 bridgehead atoms. The van der Waals surface area contributed by atoms with E-state index in [4.69, 9.17) is 4.74 Å². The van der Waals surface area contributed by atoms with Crippen LogP contribution in [0.25, 0.3) is 0 Å². The van der Waals surface area contributed by atoms with Crippen LogP contribution >= 0.6 is 11.8 Å². The highest BCUT2D eigenvalue weighted by Crippen LogP contribution is 2.30. The van der Waals surface area contributed by atoms with Gasteiger partial charge in [0.25, 0.3) is 0 Å². The molecular weight excluding hydrogens is 291 g/mol. The van der Waals surface area contributed by atoms with Gasteiger partial charge in [0.1, 0.15) is 17.6 Å². The van der Waals surface area contributed by atoms with Gasteiger partial charge in [-0.05, 0) is 24.6 Å². The van der Waals surface area contributed by atoms with Gasteiger partial charge in [0.2, 0.25) is 0 Å². The molecule has 0 fully saturated rings. The van der Waals surface area contributed by atoms with Gasteiger partial charge in [0, 0.05) is 17.2 Å². The Hall–Kier alpha value is -1.53. The molecule has 0 radical (unpaired) electrons. The third-order valence-corrected chi connectivity index (χ3v) is 4.09. The number of aryl methyl sites for hydroxylation is 1. The van der Waals surface area contributed by atoms with Gasteiger partial charge in [-0.3, -0.25) is 4.68 Å². The Morgan fingerprint density at radius 1 is 1.48 bits per heavy atom. The van der Waals surface area contributed by atoms with Crippen molar-refractivity contribution in [2.75, 3.05) is 12.9 Å². The minimum Gasteiger partial charge on any atom is -0.493 e. The summed E-state index contributed by atoms with van der Waals surface area (Å²) in [4.78, 5) is 0.787. The van der Waals surface area contributed by atoms with Gasteiger partial charge in [-0.25, -0.2) is 4.39 Å². The highest BCUT2D eigenvalue weighted by Gasteiger charge is 2.20. The molecule has 0 saturated carbocycles. The summed E-state index contributed by atoms with van der Waals surface area (Å²) in [6, 6.07) is 6.34. The van der Waals surface area contributed by atoms with Gasteiger partial charge in [-0.1, -0.05) is 13.0 Å². The maximum Gasteiger partial charge on any atom is 0.162 e. The van der Waals surface area contributed by atoms with Crippen LogP contribution in [-0.2, 0) is 6.54 Å². The zero-order valence-electron chi connectivity index (χ0n) is 12.1. The van der Waals surface area contributed by atoms with Crippen LogP contribution in [0.4, 0.5) is 4.39 Å². The highest BCUT2D eigenvalue weighted by atomic mass is 32.2. The lowest BCUT2D eigenvalue weighted by Gasteiger charge is -2.14. The minimum atomic E-state index is -0.720. The van der Waals surface area contributed by atoms with Crippen LogP contribution in [0.2, 0.25) is 0 Å². The molecule has 0 aliphatic heterocycles. The molecule has 1 heterocycles. The number of nitrogens with zero attached hydrogens (tertiary/aromatic N) is 2. The summed E-state index contributed by atoms with van der Waals surface area (Å²) >= 11 is 1.40. The summed E-state index contributed by atoms with van der Waals surface area (Å²) in [5.41, 5.74) is 0.670. The van der Waals surface area contributed by atoms with Gasteiger partial charge in [0.05, 0.1) is 13.3 Å². The first-order chi connectivity index (χ1) is 10.2. The summed E-state index contributed by atoms with van der Waals surface area (Å²) in [6.45, 7) is 2.77. The smallest absolute Gasteiger partial charge is 0.162 e. The Morgan fingerprint density at radius 3 is 2.95 bits per heavy atom. The first-order valence-corrected chi connectivity index (χ1v) is 7.80. The molecule has 1 N–H and O–H groups in total. The van der Waals surface area contributed by atoms with Gasteiger partial charge in [-0.2, -0.15) is 5.10 Å². The fraction of sp³-hybridized carbons (Fsp3) is 0.400. The predicted molar refractivity (Wildman–Crippen MR) is 81.2 cm³/mol. The van der Waals surface area contributed by atoms with Crippen molar-refractivity contribution in [2.24, 2.45) is 0 Å². The summed E-state index contributed by atoms with van der Waals surface area (Å²) < 4.78 is 20.1. The lowest BCUT2D eigenvalue weighted by atomic mass is 10.2. The maximum atomic E-state index is 13.1. The van der Waals surface area contributed by atoms with E-state index < -0.39 is 6.10 Å². The average molecular weight is 310 g/mol. The molecule has 0 spiro atoms. The predicted octanol–water partition coefficient (Wildman–Crippen LogP) is 3.27. The Kier molecular flexibility index (Phi) is 5.64. The van der Waals surface area contributed by atoms with Crippen LogP contribution in [-0.4, -0.2) is 27.7 Å². The van der Waals surface area contributed by atoms with Crippen molar-refractivity contribution in [1.82, 2.24) is 9.78 Å². The maximum absolute atomic E-state index is 13.1. The number of aromatic nitrogens is 2. The SMILES string of the molecule is CCCn1ncc(OC)c1C(O)CSc1cccc(F)c1. The molecule has 0 amide bonds. The van der Waals surface area contributed by atoms with Crippen LogP contribution in [0.3, 0.4) is 0 Å². The molecule has 21 heavy (non-hydrogen) atoms. The first-order valence-electron chi connectivity index (χ1n) is 6.81. The normalized spacial score (nSPS) is 12.4. The molecule has 1 atom stereocenters. The second-order valence-corrected chi connectivity index (χ2v) is 5.70. The summed E-state index contributed by atoms with van der Waals surface area (Å²) in [5, 5.41) is 14.6. The quantitative estimate of drug-likeness (QED) is 0.797. The molecule has 6 heteroatoms. The molecule has 1 aromatic carbocycles. The minimum absolute atomic E-state index is 0.275. The van der Waals surface area contributed by atoms with Gasteiger partial charge >= 0.3 is 0 Å². The van der Waals surface area contributed by atoms with E-state index in [0.29, 0.717) is 17.2 Å².